The van der Waals surface area contributed by atoms with Crippen molar-refractivity contribution in [1.82, 2.24) is 4.90 Å². The van der Waals surface area contributed by atoms with Gasteiger partial charge in [0.15, 0.2) is 0 Å². The molecule has 1 aliphatic carbocycles. The number of nitrogens with zero attached hydrogens (tertiary/aromatic N) is 1. The van der Waals surface area contributed by atoms with Crippen LogP contribution in [-0.2, 0) is 4.79 Å². The molecule has 3 heteroatoms. The van der Waals surface area contributed by atoms with Gasteiger partial charge in [0.05, 0.1) is 0 Å². The average Bonchev–Trinajstić information content (AvgIpc) is 2.56. The summed E-state index contributed by atoms with van der Waals surface area (Å²) in [6, 6.07) is 0. The van der Waals surface area contributed by atoms with E-state index in [4.69, 9.17) is 11.6 Å². The van der Waals surface area contributed by atoms with Crippen molar-refractivity contribution >= 4 is 17.5 Å². The minimum Gasteiger partial charge on any atom is -0.341 e. The molecule has 0 aromatic rings. The summed E-state index contributed by atoms with van der Waals surface area (Å²) in [5, 5.41) is 0. The van der Waals surface area contributed by atoms with Crippen molar-refractivity contribution in [2.24, 2.45) is 16.7 Å². The topological polar surface area (TPSA) is 20.3 Å². The van der Waals surface area contributed by atoms with Crippen LogP contribution in [0, 0.1) is 16.7 Å². The Bertz CT molecular complexity index is 253. The molecule has 1 saturated carbocycles. The predicted octanol–water partition coefficient (Wildman–Crippen LogP) is 3.15. The van der Waals surface area contributed by atoms with Crippen molar-refractivity contribution in [2.45, 2.75) is 41.0 Å². The number of carbonyl (C=O) groups is 1. The normalized spacial score (nSPS) is 21.9. The van der Waals surface area contributed by atoms with E-state index in [0.29, 0.717) is 12.4 Å². The first-order valence-electron chi connectivity index (χ1n) is 6.15. The van der Waals surface area contributed by atoms with Gasteiger partial charge in [-0.1, -0.05) is 34.6 Å². The molecule has 0 heterocycles. The fourth-order valence-corrected chi connectivity index (χ4v) is 2.90. The highest BCUT2D eigenvalue weighted by Gasteiger charge is 2.68. The zero-order chi connectivity index (χ0) is 12.6. The molecule has 16 heavy (non-hydrogen) atoms. The van der Waals surface area contributed by atoms with Crippen LogP contribution in [0.2, 0.25) is 0 Å². The standard InChI is InChI=1S/C13H24ClNO/c1-6-8-15(9-7-14)11(16)10-12(2,3)13(10,4)5/h10H,6-9H2,1-5H3. The SMILES string of the molecule is CCCN(CCCl)C(=O)C1C(C)(C)C1(C)C. The van der Waals surface area contributed by atoms with E-state index in [0.717, 1.165) is 13.0 Å². The lowest BCUT2D eigenvalue weighted by molar-refractivity contribution is -0.133. The van der Waals surface area contributed by atoms with Gasteiger partial charge in [-0.2, -0.15) is 0 Å². The van der Waals surface area contributed by atoms with Crippen LogP contribution in [0.25, 0.3) is 0 Å². The number of carbonyl (C=O) groups excluding carboxylic acids is 1. The summed E-state index contributed by atoms with van der Waals surface area (Å²) in [5.74, 6) is 0.978. The summed E-state index contributed by atoms with van der Waals surface area (Å²) in [6.45, 7) is 12.3. The molecule has 1 amide bonds. The smallest absolute Gasteiger partial charge is 0.226 e. The lowest BCUT2D eigenvalue weighted by atomic mass is 10.0. The van der Waals surface area contributed by atoms with Crippen LogP contribution in [-0.4, -0.2) is 29.8 Å². The number of alkyl halides is 1. The van der Waals surface area contributed by atoms with Crippen LogP contribution in [0.3, 0.4) is 0 Å². The third-order valence-electron chi connectivity index (χ3n) is 4.43. The number of amides is 1. The predicted molar refractivity (Wildman–Crippen MR) is 68.6 cm³/mol. The second-order valence-electron chi connectivity index (χ2n) is 5.89. The van der Waals surface area contributed by atoms with Gasteiger partial charge in [0.1, 0.15) is 0 Å². The number of rotatable bonds is 5. The fraction of sp³-hybridized carbons (Fsp3) is 0.923. The maximum Gasteiger partial charge on any atom is 0.226 e. The Balaban J connectivity index is 2.70. The lowest BCUT2D eigenvalue weighted by Gasteiger charge is -2.22. The molecule has 1 fully saturated rings. The molecule has 0 saturated heterocycles. The van der Waals surface area contributed by atoms with Gasteiger partial charge in [-0.25, -0.2) is 0 Å². The zero-order valence-electron chi connectivity index (χ0n) is 11.1. The van der Waals surface area contributed by atoms with Gasteiger partial charge in [0, 0.05) is 24.9 Å². The van der Waals surface area contributed by atoms with E-state index in [1.165, 1.54) is 0 Å². The molecule has 2 nitrogen and oxygen atoms in total. The van der Waals surface area contributed by atoms with Crippen LogP contribution in [0.4, 0.5) is 0 Å². The first kappa shape index (κ1) is 13.8. The van der Waals surface area contributed by atoms with Gasteiger partial charge >= 0.3 is 0 Å². The van der Waals surface area contributed by atoms with E-state index in [9.17, 15) is 4.79 Å². The first-order chi connectivity index (χ1) is 7.30. The highest BCUT2D eigenvalue weighted by atomic mass is 35.5. The molecule has 0 spiro atoms. The van der Waals surface area contributed by atoms with Gasteiger partial charge in [0.25, 0.3) is 0 Å². The van der Waals surface area contributed by atoms with E-state index < -0.39 is 0 Å². The molecule has 1 aliphatic rings. The van der Waals surface area contributed by atoms with Gasteiger partial charge < -0.3 is 4.90 Å². The Kier molecular flexibility index (Phi) is 3.94. The average molecular weight is 246 g/mol. The largest absolute Gasteiger partial charge is 0.341 e. The third-order valence-corrected chi connectivity index (χ3v) is 4.60. The Hall–Kier alpha value is -0.240. The molecule has 0 aromatic heterocycles. The van der Waals surface area contributed by atoms with Gasteiger partial charge in [-0.3, -0.25) is 4.79 Å². The summed E-state index contributed by atoms with van der Waals surface area (Å²) in [6.07, 6.45) is 0.996. The van der Waals surface area contributed by atoms with Crippen molar-refractivity contribution in [3.63, 3.8) is 0 Å². The quantitative estimate of drug-likeness (QED) is 0.682. The van der Waals surface area contributed by atoms with Crippen LogP contribution in [0.15, 0.2) is 0 Å². The molecule has 94 valence electrons. The van der Waals surface area contributed by atoms with Crippen molar-refractivity contribution in [1.29, 1.82) is 0 Å². The van der Waals surface area contributed by atoms with E-state index >= 15 is 0 Å². The number of hydrogen-bond donors (Lipinski definition) is 0. The second kappa shape index (κ2) is 4.56. The van der Waals surface area contributed by atoms with Crippen molar-refractivity contribution < 1.29 is 4.79 Å². The third kappa shape index (κ3) is 2.09. The highest BCUT2D eigenvalue weighted by Crippen LogP contribution is 2.68. The number of halogens is 1. The maximum atomic E-state index is 12.4. The molecule has 0 unspecified atom stereocenters. The summed E-state index contributed by atoms with van der Waals surface area (Å²) in [5.41, 5.74) is 0.255. The molecular weight excluding hydrogens is 222 g/mol. The molecule has 0 N–H and O–H groups in total. The molecule has 1 rings (SSSR count). The van der Waals surface area contributed by atoms with Gasteiger partial charge in [0.2, 0.25) is 5.91 Å². The first-order valence-corrected chi connectivity index (χ1v) is 6.69. The molecule has 0 radical (unpaired) electrons. The van der Waals surface area contributed by atoms with Crippen LogP contribution >= 0.6 is 11.6 Å². The highest BCUT2D eigenvalue weighted by molar-refractivity contribution is 6.18. The summed E-state index contributed by atoms with van der Waals surface area (Å²) >= 11 is 5.75. The monoisotopic (exact) mass is 245 g/mol. The Morgan fingerprint density at radius 3 is 2.00 bits per heavy atom. The Morgan fingerprint density at radius 1 is 1.19 bits per heavy atom. The lowest BCUT2D eigenvalue weighted by Crippen LogP contribution is -2.36. The zero-order valence-corrected chi connectivity index (χ0v) is 11.9. The van der Waals surface area contributed by atoms with Crippen molar-refractivity contribution in [3.05, 3.63) is 0 Å². The minimum absolute atomic E-state index is 0.127. The maximum absolute atomic E-state index is 12.4. The van der Waals surface area contributed by atoms with Crippen LogP contribution in [0.1, 0.15) is 41.0 Å². The van der Waals surface area contributed by atoms with E-state index in [2.05, 4.69) is 34.6 Å². The van der Waals surface area contributed by atoms with Crippen molar-refractivity contribution in [2.75, 3.05) is 19.0 Å². The fourth-order valence-electron chi connectivity index (χ4n) is 2.70. The minimum atomic E-state index is 0.127. The molecular formula is C13H24ClNO. The van der Waals surface area contributed by atoms with Crippen molar-refractivity contribution in [3.8, 4) is 0 Å². The van der Waals surface area contributed by atoms with Gasteiger partial charge in [-0.05, 0) is 17.3 Å². The Labute approximate surface area is 104 Å². The number of hydrogen-bond acceptors (Lipinski definition) is 1. The summed E-state index contributed by atoms with van der Waals surface area (Å²) < 4.78 is 0. The van der Waals surface area contributed by atoms with Gasteiger partial charge in [-0.15, -0.1) is 11.6 Å². The van der Waals surface area contributed by atoms with E-state index in [1.54, 1.807) is 0 Å². The Morgan fingerprint density at radius 2 is 1.69 bits per heavy atom. The molecule has 0 bridgehead atoms. The molecule has 0 aliphatic heterocycles. The molecule has 0 aromatic carbocycles. The van der Waals surface area contributed by atoms with Crippen LogP contribution < -0.4 is 0 Å². The molecule has 0 atom stereocenters. The summed E-state index contributed by atoms with van der Waals surface area (Å²) in [7, 11) is 0. The van der Waals surface area contributed by atoms with Crippen LogP contribution in [0.5, 0.6) is 0 Å². The second-order valence-corrected chi connectivity index (χ2v) is 6.27. The summed E-state index contributed by atoms with van der Waals surface area (Å²) in [4.78, 5) is 14.3. The van der Waals surface area contributed by atoms with E-state index in [-0.39, 0.29) is 22.7 Å². The van der Waals surface area contributed by atoms with E-state index in [1.807, 2.05) is 4.90 Å².